The fraction of sp³-hybridized carbons (Fsp3) is 0.469. The molecule has 3 heterocycles. The third-order valence-corrected chi connectivity index (χ3v) is 8.80. The third kappa shape index (κ3) is 5.64. The lowest BCUT2D eigenvalue weighted by atomic mass is 9.96. The van der Waals surface area contributed by atoms with Gasteiger partial charge in [-0.2, -0.15) is 5.10 Å². The highest BCUT2D eigenvalue weighted by molar-refractivity contribution is 6.06. The van der Waals surface area contributed by atoms with Crippen molar-refractivity contribution in [2.75, 3.05) is 24.5 Å². The molecule has 1 aromatic heterocycles. The Balaban J connectivity index is 1.09. The number of anilines is 1. The molecule has 0 bridgehead atoms. The van der Waals surface area contributed by atoms with Crippen molar-refractivity contribution in [3.63, 3.8) is 0 Å². The molecule has 2 fully saturated rings. The lowest BCUT2D eigenvalue weighted by Gasteiger charge is -2.32. The summed E-state index contributed by atoms with van der Waals surface area (Å²) < 4.78 is 1.91. The van der Waals surface area contributed by atoms with Crippen LogP contribution in [0.2, 0.25) is 0 Å². The number of likely N-dealkylation sites (tertiary alicyclic amines) is 1. The minimum atomic E-state index is -0.0103. The van der Waals surface area contributed by atoms with E-state index < -0.39 is 0 Å². The Morgan fingerprint density at radius 2 is 1.82 bits per heavy atom. The highest BCUT2D eigenvalue weighted by Gasteiger charge is 2.28. The third-order valence-electron chi connectivity index (χ3n) is 8.80. The number of amides is 2. The number of hydrogen-bond donors (Lipinski definition) is 1. The van der Waals surface area contributed by atoms with Gasteiger partial charge in [0.1, 0.15) is 0 Å². The summed E-state index contributed by atoms with van der Waals surface area (Å²) in [6.45, 7) is 5.39. The standard InChI is InChI=1S/C32H39N5O2/c1-22-17-26(32(39)37-21-27-20-34-35(2)30(27)18-25-5-3-4-6-29(25)37)8-7-24(22)9-12-31(38)36-15-13-23(14-16-36)19-33-28-10-11-28/h3-8,17,20,23,28,33H,9-16,18-19,21H2,1-2H3. The van der Waals surface area contributed by atoms with E-state index in [0.29, 0.717) is 30.9 Å². The molecule has 2 aliphatic heterocycles. The second-order valence-electron chi connectivity index (χ2n) is 11.6. The van der Waals surface area contributed by atoms with Crippen LogP contribution in [0.1, 0.15) is 70.4 Å². The molecular formula is C32H39N5O2. The number of piperidine rings is 1. The highest BCUT2D eigenvalue weighted by atomic mass is 16.2. The Bertz CT molecular complexity index is 1370. The Labute approximate surface area is 231 Å². The smallest absolute Gasteiger partial charge is 0.258 e. The van der Waals surface area contributed by atoms with E-state index >= 15 is 0 Å². The van der Waals surface area contributed by atoms with Gasteiger partial charge in [-0.25, -0.2) is 0 Å². The number of aromatic nitrogens is 2. The first-order valence-corrected chi connectivity index (χ1v) is 14.5. The highest BCUT2D eigenvalue weighted by Crippen LogP contribution is 2.32. The van der Waals surface area contributed by atoms with Gasteiger partial charge in [-0.3, -0.25) is 14.3 Å². The molecule has 1 N–H and O–H groups in total. The van der Waals surface area contributed by atoms with Gasteiger partial charge in [0, 0.05) is 61.5 Å². The van der Waals surface area contributed by atoms with Crippen molar-refractivity contribution in [1.29, 1.82) is 0 Å². The minimum Gasteiger partial charge on any atom is -0.343 e. The summed E-state index contributed by atoms with van der Waals surface area (Å²) in [7, 11) is 1.96. The molecule has 2 amide bonds. The van der Waals surface area contributed by atoms with Crippen molar-refractivity contribution >= 4 is 17.5 Å². The van der Waals surface area contributed by atoms with E-state index in [1.807, 2.05) is 71.0 Å². The first-order valence-electron chi connectivity index (χ1n) is 14.5. The van der Waals surface area contributed by atoms with Crippen LogP contribution in [-0.2, 0) is 31.2 Å². The molecule has 6 rings (SSSR count). The maximum absolute atomic E-state index is 13.8. The van der Waals surface area contributed by atoms with Crippen LogP contribution in [0.15, 0.2) is 48.7 Å². The predicted molar refractivity (Wildman–Crippen MR) is 153 cm³/mol. The summed E-state index contributed by atoms with van der Waals surface area (Å²) in [6.07, 6.45) is 8.70. The molecule has 3 aliphatic rings. The second-order valence-corrected chi connectivity index (χ2v) is 11.6. The largest absolute Gasteiger partial charge is 0.343 e. The van der Waals surface area contributed by atoms with Crippen LogP contribution in [0.25, 0.3) is 0 Å². The van der Waals surface area contributed by atoms with Crippen LogP contribution in [0.4, 0.5) is 5.69 Å². The lowest BCUT2D eigenvalue weighted by Crippen LogP contribution is -2.41. The maximum Gasteiger partial charge on any atom is 0.258 e. The van der Waals surface area contributed by atoms with Crippen LogP contribution in [0, 0.1) is 12.8 Å². The fourth-order valence-corrected chi connectivity index (χ4v) is 6.08. The molecule has 1 saturated carbocycles. The van der Waals surface area contributed by atoms with E-state index in [2.05, 4.69) is 16.5 Å². The predicted octanol–water partition coefficient (Wildman–Crippen LogP) is 4.40. The molecular weight excluding hydrogens is 486 g/mol. The van der Waals surface area contributed by atoms with Crippen LogP contribution in [0.5, 0.6) is 0 Å². The molecule has 204 valence electrons. The molecule has 7 heteroatoms. The van der Waals surface area contributed by atoms with Gasteiger partial charge in [0.15, 0.2) is 0 Å². The summed E-state index contributed by atoms with van der Waals surface area (Å²) in [5, 5.41) is 8.07. The SMILES string of the molecule is Cc1cc(C(=O)N2Cc3cnn(C)c3Cc3ccccc32)ccc1CCC(=O)N1CCC(CNC2CC2)CC1. The quantitative estimate of drug-likeness (QED) is 0.496. The van der Waals surface area contributed by atoms with E-state index in [1.54, 1.807) is 0 Å². The van der Waals surface area contributed by atoms with Crippen molar-refractivity contribution in [3.8, 4) is 0 Å². The van der Waals surface area contributed by atoms with Gasteiger partial charge in [0.25, 0.3) is 5.91 Å². The zero-order chi connectivity index (χ0) is 26.9. The molecule has 1 aliphatic carbocycles. The van der Waals surface area contributed by atoms with Crippen molar-refractivity contribution in [2.24, 2.45) is 13.0 Å². The summed E-state index contributed by atoms with van der Waals surface area (Å²) in [6, 6.07) is 14.8. The van der Waals surface area contributed by atoms with E-state index in [-0.39, 0.29) is 11.8 Å². The monoisotopic (exact) mass is 525 g/mol. The molecule has 0 spiro atoms. The van der Waals surface area contributed by atoms with E-state index in [9.17, 15) is 9.59 Å². The maximum atomic E-state index is 13.8. The minimum absolute atomic E-state index is 0.0103. The van der Waals surface area contributed by atoms with Crippen LogP contribution in [-0.4, -0.2) is 52.2 Å². The van der Waals surface area contributed by atoms with Crippen LogP contribution in [0.3, 0.4) is 0 Å². The number of para-hydroxylation sites is 1. The Hall–Kier alpha value is -3.45. The number of benzene rings is 2. The van der Waals surface area contributed by atoms with E-state index in [4.69, 9.17) is 0 Å². The Kier molecular flexibility index (Phi) is 7.26. The van der Waals surface area contributed by atoms with Crippen molar-refractivity contribution in [1.82, 2.24) is 20.0 Å². The topological polar surface area (TPSA) is 70.5 Å². The number of aryl methyl sites for hydroxylation is 3. The van der Waals surface area contributed by atoms with Crippen LogP contribution < -0.4 is 10.2 Å². The second kappa shape index (κ2) is 11.0. The van der Waals surface area contributed by atoms with Crippen molar-refractivity contribution in [2.45, 2.75) is 64.5 Å². The first-order chi connectivity index (χ1) is 19.0. The number of nitrogens with zero attached hydrogens (tertiary/aromatic N) is 4. The molecule has 1 saturated heterocycles. The molecule has 0 radical (unpaired) electrons. The summed E-state index contributed by atoms with van der Waals surface area (Å²) in [4.78, 5) is 30.7. The molecule has 39 heavy (non-hydrogen) atoms. The zero-order valence-electron chi connectivity index (χ0n) is 23.2. The Morgan fingerprint density at radius 3 is 2.59 bits per heavy atom. The van der Waals surface area contributed by atoms with Crippen LogP contribution >= 0.6 is 0 Å². The number of hydrogen-bond acceptors (Lipinski definition) is 4. The lowest BCUT2D eigenvalue weighted by molar-refractivity contribution is -0.132. The average Bonchev–Trinajstić information content (AvgIpc) is 3.75. The summed E-state index contributed by atoms with van der Waals surface area (Å²) >= 11 is 0. The van der Waals surface area contributed by atoms with E-state index in [1.165, 1.54) is 12.8 Å². The normalized spacial score (nSPS) is 17.5. The van der Waals surface area contributed by atoms with Gasteiger partial charge in [0.05, 0.1) is 12.7 Å². The number of rotatable bonds is 7. The molecule has 0 unspecified atom stereocenters. The first kappa shape index (κ1) is 25.8. The summed E-state index contributed by atoms with van der Waals surface area (Å²) in [5.74, 6) is 0.934. The number of fused-ring (bicyclic) bond motifs is 2. The average molecular weight is 526 g/mol. The van der Waals surface area contributed by atoms with Gasteiger partial charge in [-0.05, 0) is 86.4 Å². The summed E-state index contributed by atoms with van der Waals surface area (Å²) in [5.41, 5.74) is 7.18. The van der Waals surface area contributed by atoms with Gasteiger partial charge in [-0.15, -0.1) is 0 Å². The molecule has 2 aromatic carbocycles. The fourth-order valence-electron chi connectivity index (χ4n) is 6.08. The molecule has 0 atom stereocenters. The molecule has 7 nitrogen and oxygen atoms in total. The number of carbonyl (C=O) groups is 2. The molecule has 3 aromatic rings. The van der Waals surface area contributed by atoms with Gasteiger partial charge in [-0.1, -0.05) is 24.3 Å². The Morgan fingerprint density at radius 1 is 1.03 bits per heavy atom. The van der Waals surface area contributed by atoms with Gasteiger partial charge in [0.2, 0.25) is 5.91 Å². The van der Waals surface area contributed by atoms with Gasteiger partial charge < -0.3 is 15.1 Å². The number of carbonyl (C=O) groups excluding carboxylic acids is 2. The zero-order valence-corrected chi connectivity index (χ0v) is 23.2. The van der Waals surface area contributed by atoms with Crippen molar-refractivity contribution < 1.29 is 9.59 Å². The van der Waals surface area contributed by atoms with Gasteiger partial charge >= 0.3 is 0 Å². The van der Waals surface area contributed by atoms with E-state index in [0.717, 1.165) is 78.6 Å². The van der Waals surface area contributed by atoms with Crippen molar-refractivity contribution in [3.05, 3.63) is 82.2 Å². The number of nitrogens with one attached hydrogen (secondary N) is 1.